The van der Waals surface area contributed by atoms with Crippen molar-refractivity contribution >= 4 is 57.3 Å². The predicted octanol–water partition coefficient (Wildman–Crippen LogP) is 5.86. The van der Waals surface area contributed by atoms with Gasteiger partial charge in [0.2, 0.25) is 0 Å². The van der Waals surface area contributed by atoms with Crippen molar-refractivity contribution in [2.45, 2.75) is 0 Å². The molecule has 5 rings (SSSR count). The zero-order chi connectivity index (χ0) is 20.9. The molecule has 0 aliphatic rings. The Kier molecular flexibility index (Phi) is 4.79. The Morgan fingerprint density at radius 1 is 0.700 bits per heavy atom. The number of hydrogen-bond acceptors (Lipinski definition) is 1. The van der Waals surface area contributed by atoms with Crippen LogP contribution in [0, 0.1) is 3.57 Å². The van der Waals surface area contributed by atoms with Gasteiger partial charge in [0.25, 0.3) is 0 Å². The molecule has 1 heterocycles. The van der Waals surface area contributed by atoms with Gasteiger partial charge in [0.15, 0.2) is 0 Å². The van der Waals surface area contributed by atoms with Gasteiger partial charge in [0.05, 0.1) is 16.3 Å². The Balaban J connectivity index is 1.61. The molecule has 4 aromatic carbocycles. The molecule has 0 atom stereocenters. The number of nitrogens with zero attached hydrogens (tertiary/aromatic N) is 1. The Morgan fingerprint density at radius 2 is 1.30 bits per heavy atom. The molecule has 0 bridgehead atoms. The average molecular weight is 525 g/mol. The third kappa shape index (κ3) is 3.38. The Hall–Kier alpha value is -2.44. The first-order valence-corrected chi connectivity index (χ1v) is 12.1. The number of para-hydroxylation sites is 1. The molecule has 30 heavy (non-hydrogen) atoms. The van der Waals surface area contributed by atoms with Crippen LogP contribution in [0.5, 0.6) is 0 Å². The van der Waals surface area contributed by atoms with Crippen molar-refractivity contribution in [2.75, 3.05) is 0 Å². The van der Waals surface area contributed by atoms with Gasteiger partial charge in [-0.1, -0.05) is 48.5 Å². The van der Waals surface area contributed by atoms with E-state index in [0.29, 0.717) is 0 Å². The zero-order valence-corrected chi connectivity index (χ0v) is 18.8. The van der Waals surface area contributed by atoms with Crippen LogP contribution in [0.15, 0.2) is 91.0 Å². The standard InChI is InChI=1S/C24H17INO3P/c25-18-9-14-22-21-3-1-2-4-23(21)26(24(22)15-18)19-10-5-16(6-11-19)17-7-12-20(13-8-17)30(27,28)29/h1-15H,(H2,27,28,29). The van der Waals surface area contributed by atoms with Gasteiger partial charge in [-0.2, -0.15) is 0 Å². The van der Waals surface area contributed by atoms with E-state index in [2.05, 4.69) is 81.8 Å². The van der Waals surface area contributed by atoms with E-state index in [0.717, 1.165) is 22.3 Å². The highest BCUT2D eigenvalue weighted by molar-refractivity contribution is 14.1. The lowest BCUT2D eigenvalue weighted by Crippen LogP contribution is -2.02. The zero-order valence-electron chi connectivity index (χ0n) is 15.7. The van der Waals surface area contributed by atoms with E-state index in [1.165, 1.54) is 32.0 Å². The van der Waals surface area contributed by atoms with Crippen molar-refractivity contribution < 1.29 is 14.4 Å². The first kappa shape index (κ1) is 19.5. The number of halogens is 1. The maximum absolute atomic E-state index is 11.4. The fourth-order valence-electron chi connectivity index (χ4n) is 3.87. The molecule has 0 aliphatic carbocycles. The molecule has 148 valence electrons. The minimum absolute atomic E-state index is 0.0303. The second kappa shape index (κ2) is 7.36. The fourth-order valence-corrected chi connectivity index (χ4v) is 4.89. The van der Waals surface area contributed by atoms with Crippen molar-refractivity contribution in [1.82, 2.24) is 4.57 Å². The number of rotatable bonds is 3. The lowest BCUT2D eigenvalue weighted by Gasteiger charge is -2.10. The van der Waals surface area contributed by atoms with Crippen LogP contribution in [0.25, 0.3) is 38.6 Å². The average Bonchev–Trinajstić information content (AvgIpc) is 3.07. The van der Waals surface area contributed by atoms with Crippen molar-refractivity contribution in [2.24, 2.45) is 0 Å². The quantitative estimate of drug-likeness (QED) is 0.229. The Bertz CT molecular complexity index is 1430. The third-order valence-corrected chi connectivity index (χ3v) is 6.94. The molecule has 5 aromatic rings. The molecule has 0 unspecified atom stereocenters. The lowest BCUT2D eigenvalue weighted by molar-refractivity contribution is 0.387. The Labute approximate surface area is 187 Å². The number of hydrogen-bond donors (Lipinski definition) is 2. The summed E-state index contributed by atoms with van der Waals surface area (Å²) in [6.45, 7) is 0. The lowest BCUT2D eigenvalue weighted by atomic mass is 10.1. The highest BCUT2D eigenvalue weighted by atomic mass is 127. The highest BCUT2D eigenvalue weighted by Gasteiger charge is 2.16. The van der Waals surface area contributed by atoms with Gasteiger partial charge in [-0.05, 0) is 76.2 Å². The topological polar surface area (TPSA) is 62.5 Å². The largest absolute Gasteiger partial charge is 0.356 e. The van der Waals surface area contributed by atoms with Gasteiger partial charge in [-0.15, -0.1) is 0 Å². The number of aromatic nitrogens is 1. The van der Waals surface area contributed by atoms with Crippen LogP contribution in [0.4, 0.5) is 0 Å². The smallest absolute Gasteiger partial charge is 0.321 e. The fraction of sp³-hybridized carbons (Fsp3) is 0. The van der Waals surface area contributed by atoms with Gasteiger partial charge >= 0.3 is 7.60 Å². The minimum atomic E-state index is -4.23. The predicted molar refractivity (Wildman–Crippen MR) is 131 cm³/mol. The molecule has 0 fully saturated rings. The molecule has 2 N–H and O–H groups in total. The van der Waals surface area contributed by atoms with E-state index in [1.54, 1.807) is 12.1 Å². The van der Waals surface area contributed by atoms with Gasteiger partial charge in [0, 0.05) is 20.0 Å². The molecule has 6 heteroatoms. The van der Waals surface area contributed by atoms with Crippen molar-refractivity contribution in [3.63, 3.8) is 0 Å². The summed E-state index contributed by atoms with van der Waals surface area (Å²) in [4.78, 5) is 18.6. The summed E-state index contributed by atoms with van der Waals surface area (Å²) in [6.07, 6.45) is 0. The summed E-state index contributed by atoms with van der Waals surface area (Å²) >= 11 is 2.34. The van der Waals surface area contributed by atoms with Crippen LogP contribution >= 0.6 is 30.2 Å². The second-order valence-corrected chi connectivity index (χ2v) is 10.0. The summed E-state index contributed by atoms with van der Waals surface area (Å²) < 4.78 is 14.8. The van der Waals surface area contributed by atoms with Crippen LogP contribution in [-0.4, -0.2) is 14.4 Å². The van der Waals surface area contributed by atoms with Gasteiger partial charge in [-0.3, -0.25) is 4.57 Å². The molecular formula is C24H17INO3P. The van der Waals surface area contributed by atoms with Crippen LogP contribution in [-0.2, 0) is 4.57 Å². The van der Waals surface area contributed by atoms with Crippen LogP contribution in [0.3, 0.4) is 0 Å². The van der Waals surface area contributed by atoms with Crippen LogP contribution in [0.2, 0.25) is 0 Å². The molecule has 0 saturated carbocycles. The maximum atomic E-state index is 11.4. The minimum Gasteiger partial charge on any atom is -0.321 e. The van der Waals surface area contributed by atoms with Gasteiger partial charge in [0.1, 0.15) is 0 Å². The van der Waals surface area contributed by atoms with E-state index >= 15 is 0 Å². The summed E-state index contributed by atoms with van der Waals surface area (Å²) in [6, 6.07) is 29.6. The molecule has 0 spiro atoms. The molecular weight excluding hydrogens is 508 g/mol. The summed E-state index contributed by atoms with van der Waals surface area (Å²) in [5.74, 6) is 0. The molecule has 0 saturated heterocycles. The molecule has 0 radical (unpaired) electrons. The normalized spacial score (nSPS) is 12.0. The van der Waals surface area contributed by atoms with Gasteiger partial charge < -0.3 is 14.4 Å². The van der Waals surface area contributed by atoms with E-state index < -0.39 is 7.60 Å². The molecule has 4 nitrogen and oxygen atoms in total. The maximum Gasteiger partial charge on any atom is 0.356 e. The van der Waals surface area contributed by atoms with Gasteiger partial charge in [-0.25, -0.2) is 0 Å². The molecule has 1 aromatic heterocycles. The molecule has 0 amide bonds. The highest BCUT2D eigenvalue weighted by Crippen LogP contribution is 2.35. The van der Waals surface area contributed by atoms with E-state index in [-0.39, 0.29) is 5.30 Å². The van der Waals surface area contributed by atoms with Crippen molar-refractivity contribution in [1.29, 1.82) is 0 Å². The van der Waals surface area contributed by atoms with Crippen LogP contribution < -0.4 is 5.30 Å². The van der Waals surface area contributed by atoms with E-state index in [4.69, 9.17) is 0 Å². The molecule has 0 aliphatic heterocycles. The van der Waals surface area contributed by atoms with Crippen LogP contribution in [0.1, 0.15) is 0 Å². The first-order chi connectivity index (χ1) is 14.4. The summed E-state index contributed by atoms with van der Waals surface area (Å²) in [5, 5.41) is 2.48. The number of fused-ring (bicyclic) bond motifs is 3. The Morgan fingerprint density at radius 3 is 1.97 bits per heavy atom. The number of benzene rings is 4. The SMILES string of the molecule is O=P(O)(O)c1ccc(-c2ccc(-n3c4ccccc4c4ccc(I)cc43)cc2)cc1. The monoisotopic (exact) mass is 525 g/mol. The van der Waals surface area contributed by atoms with E-state index in [1.807, 2.05) is 12.1 Å². The van der Waals surface area contributed by atoms with Crippen molar-refractivity contribution in [3.05, 3.63) is 94.6 Å². The van der Waals surface area contributed by atoms with E-state index in [9.17, 15) is 14.4 Å². The summed E-state index contributed by atoms with van der Waals surface area (Å²) in [5.41, 5.74) is 5.30. The first-order valence-electron chi connectivity index (χ1n) is 9.37. The third-order valence-electron chi connectivity index (χ3n) is 5.30. The second-order valence-electron chi connectivity index (χ2n) is 7.15. The van der Waals surface area contributed by atoms with Crippen molar-refractivity contribution in [3.8, 4) is 16.8 Å². The summed E-state index contributed by atoms with van der Waals surface area (Å²) in [7, 11) is -4.23.